The normalized spacial score (nSPS) is 10.9. The summed E-state index contributed by atoms with van der Waals surface area (Å²) in [5.41, 5.74) is 2.10. The van der Waals surface area contributed by atoms with Gasteiger partial charge in [0.1, 0.15) is 5.69 Å². The summed E-state index contributed by atoms with van der Waals surface area (Å²) in [6.45, 7) is 0. The smallest absolute Gasteiger partial charge is 0.303 e. The molecule has 0 fully saturated rings. The fraction of sp³-hybridized carbons (Fsp3) is 0.154. The molecule has 3 aromatic heterocycles. The van der Waals surface area contributed by atoms with Crippen LogP contribution >= 0.6 is 0 Å². The standard InChI is InChI=1S/C13H11N3O3/c17-11(18)5-4-9-12(10-3-1-8-19-10)15-16-7-2-6-14-13(9)16/h1-3,6-8H,4-5H2,(H,17,18). The van der Waals surface area contributed by atoms with Gasteiger partial charge in [-0.1, -0.05) is 0 Å². The van der Waals surface area contributed by atoms with Gasteiger partial charge in [-0.25, -0.2) is 9.50 Å². The van der Waals surface area contributed by atoms with Crippen LogP contribution in [0.4, 0.5) is 0 Å². The summed E-state index contributed by atoms with van der Waals surface area (Å²) in [4.78, 5) is 15.0. The Morgan fingerprint density at radius 1 is 1.42 bits per heavy atom. The molecule has 0 radical (unpaired) electrons. The molecule has 6 heteroatoms. The van der Waals surface area contributed by atoms with Crippen LogP contribution < -0.4 is 0 Å². The van der Waals surface area contributed by atoms with Gasteiger partial charge < -0.3 is 9.52 Å². The first-order valence-corrected chi connectivity index (χ1v) is 5.83. The van der Waals surface area contributed by atoms with Gasteiger partial charge in [-0.2, -0.15) is 5.10 Å². The van der Waals surface area contributed by atoms with Crippen molar-refractivity contribution in [1.82, 2.24) is 14.6 Å². The van der Waals surface area contributed by atoms with E-state index in [-0.39, 0.29) is 6.42 Å². The lowest BCUT2D eigenvalue weighted by Gasteiger charge is -1.98. The zero-order valence-electron chi connectivity index (χ0n) is 9.98. The summed E-state index contributed by atoms with van der Waals surface area (Å²) in [5.74, 6) is -0.230. The Morgan fingerprint density at radius 2 is 2.32 bits per heavy atom. The lowest BCUT2D eigenvalue weighted by atomic mass is 10.1. The molecule has 1 N–H and O–H groups in total. The van der Waals surface area contributed by atoms with E-state index in [1.54, 1.807) is 41.4 Å². The Bertz CT molecular complexity index is 716. The van der Waals surface area contributed by atoms with Crippen LogP contribution in [0.3, 0.4) is 0 Å². The molecule has 0 bridgehead atoms. The van der Waals surface area contributed by atoms with Gasteiger partial charge in [-0.3, -0.25) is 4.79 Å². The first-order chi connectivity index (χ1) is 9.25. The molecule has 3 rings (SSSR count). The third-order valence-corrected chi connectivity index (χ3v) is 2.83. The molecule has 96 valence electrons. The molecule has 0 saturated carbocycles. The predicted molar refractivity (Wildman–Crippen MR) is 66.6 cm³/mol. The summed E-state index contributed by atoms with van der Waals surface area (Å²) in [5, 5.41) is 13.2. The number of fused-ring (bicyclic) bond motifs is 1. The number of aryl methyl sites for hydroxylation is 1. The third-order valence-electron chi connectivity index (χ3n) is 2.83. The van der Waals surface area contributed by atoms with Crippen molar-refractivity contribution in [3.63, 3.8) is 0 Å². The fourth-order valence-electron chi connectivity index (χ4n) is 2.01. The topological polar surface area (TPSA) is 80.6 Å². The van der Waals surface area contributed by atoms with Crippen molar-refractivity contribution >= 4 is 11.6 Å². The van der Waals surface area contributed by atoms with Gasteiger partial charge >= 0.3 is 5.97 Å². The molecule has 0 aliphatic carbocycles. The Morgan fingerprint density at radius 3 is 3.05 bits per heavy atom. The summed E-state index contributed by atoms with van der Waals surface area (Å²) in [7, 11) is 0. The van der Waals surface area contributed by atoms with Gasteiger partial charge in [0.25, 0.3) is 0 Å². The summed E-state index contributed by atoms with van der Waals surface area (Å²) in [6, 6.07) is 5.34. The Balaban J connectivity index is 2.14. The van der Waals surface area contributed by atoms with Crippen molar-refractivity contribution in [2.24, 2.45) is 0 Å². The highest BCUT2D eigenvalue weighted by Crippen LogP contribution is 2.26. The van der Waals surface area contributed by atoms with Gasteiger partial charge in [0.2, 0.25) is 0 Å². The minimum atomic E-state index is -0.847. The number of rotatable bonds is 4. The summed E-state index contributed by atoms with van der Waals surface area (Å²) in [6.07, 6.45) is 5.40. The van der Waals surface area contributed by atoms with E-state index in [1.165, 1.54) is 0 Å². The second kappa shape index (κ2) is 4.56. The van der Waals surface area contributed by atoms with Crippen molar-refractivity contribution in [3.05, 3.63) is 42.4 Å². The second-order valence-corrected chi connectivity index (χ2v) is 4.09. The van der Waals surface area contributed by atoms with Crippen molar-refractivity contribution in [1.29, 1.82) is 0 Å². The van der Waals surface area contributed by atoms with E-state index in [9.17, 15) is 4.79 Å². The fourth-order valence-corrected chi connectivity index (χ4v) is 2.01. The predicted octanol–water partition coefficient (Wildman–Crippen LogP) is 2.01. The van der Waals surface area contributed by atoms with Crippen LogP contribution in [0.15, 0.2) is 41.3 Å². The number of aliphatic carboxylic acids is 1. The number of hydrogen-bond donors (Lipinski definition) is 1. The van der Waals surface area contributed by atoms with Crippen LogP contribution in [0.5, 0.6) is 0 Å². The van der Waals surface area contributed by atoms with Crippen molar-refractivity contribution < 1.29 is 14.3 Å². The van der Waals surface area contributed by atoms with Crippen LogP contribution in [0, 0.1) is 0 Å². The first-order valence-electron chi connectivity index (χ1n) is 5.83. The molecule has 0 aromatic carbocycles. The third kappa shape index (κ3) is 2.08. The van der Waals surface area contributed by atoms with Gasteiger partial charge in [0.05, 0.1) is 6.26 Å². The van der Waals surface area contributed by atoms with Crippen LogP contribution in [-0.2, 0) is 11.2 Å². The molecule has 0 aliphatic heterocycles. The van der Waals surface area contributed by atoms with Crippen molar-refractivity contribution in [3.8, 4) is 11.5 Å². The molecule has 0 unspecified atom stereocenters. The van der Waals surface area contributed by atoms with E-state index in [2.05, 4.69) is 10.1 Å². The van der Waals surface area contributed by atoms with Gasteiger partial charge in [0, 0.05) is 24.4 Å². The zero-order chi connectivity index (χ0) is 13.2. The summed E-state index contributed by atoms with van der Waals surface area (Å²) < 4.78 is 6.98. The quantitative estimate of drug-likeness (QED) is 0.773. The zero-order valence-corrected chi connectivity index (χ0v) is 9.98. The molecular formula is C13H11N3O3. The van der Waals surface area contributed by atoms with Crippen LogP contribution in [-0.4, -0.2) is 25.7 Å². The monoisotopic (exact) mass is 257 g/mol. The highest BCUT2D eigenvalue weighted by atomic mass is 16.4. The largest absolute Gasteiger partial charge is 0.481 e. The molecule has 6 nitrogen and oxygen atoms in total. The number of carboxylic acids is 1. The Hall–Kier alpha value is -2.63. The molecule has 0 atom stereocenters. The average molecular weight is 257 g/mol. The summed E-state index contributed by atoms with van der Waals surface area (Å²) >= 11 is 0. The molecule has 19 heavy (non-hydrogen) atoms. The molecule has 0 spiro atoms. The van der Waals surface area contributed by atoms with E-state index >= 15 is 0 Å². The molecular weight excluding hydrogens is 246 g/mol. The van der Waals surface area contributed by atoms with Gasteiger partial charge in [-0.05, 0) is 24.6 Å². The number of carboxylic acid groups (broad SMARTS) is 1. The SMILES string of the molecule is O=C(O)CCc1c(-c2ccco2)nn2cccnc12. The van der Waals surface area contributed by atoms with E-state index in [0.29, 0.717) is 23.5 Å². The van der Waals surface area contributed by atoms with Crippen LogP contribution in [0.2, 0.25) is 0 Å². The minimum absolute atomic E-state index is 0.0334. The second-order valence-electron chi connectivity index (χ2n) is 4.09. The van der Waals surface area contributed by atoms with E-state index in [4.69, 9.17) is 9.52 Å². The Kier molecular flexibility index (Phi) is 2.75. The van der Waals surface area contributed by atoms with Crippen molar-refractivity contribution in [2.45, 2.75) is 12.8 Å². The molecule has 3 heterocycles. The minimum Gasteiger partial charge on any atom is -0.481 e. The van der Waals surface area contributed by atoms with Gasteiger partial charge in [0.15, 0.2) is 11.4 Å². The van der Waals surface area contributed by atoms with Gasteiger partial charge in [-0.15, -0.1) is 0 Å². The molecule has 0 saturated heterocycles. The lowest BCUT2D eigenvalue weighted by molar-refractivity contribution is -0.136. The van der Waals surface area contributed by atoms with E-state index in [0.717, 1.165) is 5.56 Å². The number of furan rings is 1. The maximum absolute atomic E-state index is 10.8. The number of carbonyl (C=O) groups is 1. The Labute approximate surface area is 108 Å². The van der Waals surface area contributed by atoms with Crippen molar-refractivity contribution in [2.75, 3.05) is 0 Å². The average Bonchev–Trinajstić information content (AvgIpc) is 3.03. The van der Waals surface area contributed by atoms with E-state index in [1.807, 2.05) is 0 Å². The number of aromatic nitrogens is 3. The van der Waals surface area contributed by atoms with Crippen LogP contribution in [0.25, 0.3) is 17.1 Å². The van der Waals surface area contributed by atoms with E-state index < -0.39 is 5.97 Å². The highest BCUT2D eigenvalue weighted by Gasteiger charge is 2.17. The molecule has 3 aromatic rings. The highest BCUT2D eigenvalue weighted by molar-refractivity contribution is 5.71. The maximum atomic E-state index is 10.8. The maximum Gasteiger partial charge on any atom is 0.303 e. The first kappa shape index (κ1) is 11.5. The molecule has 0 aliphatic rings. The lowest BCUT2D eigenvalue weighted by Crippen LogP contribution is -1.98. The van der Waals surface area contributed by atoms with Crippen LogP contribution in [0.1, 0.15) is 12.0 Å². The number of hydrogen-bond acceptors (Lipinski definition) is 4. The number of nitrogens with zero attached hydrogens (tertiary/aromatic N) is 3. The molecule has 0 amide bonds.